The van der Waals surface area contributed by atoms with Crippen LogP contribution in [0.15, 0.2) is 24.5 Å². The van der Waals surface area contributed by atoms with Crippen molar-refractivity contribution >= 4 is 22.8 Å². The maximum atomic E-state index is 14.3. The molecular formula is C24H30FN7O. The summed E-state index contributed by atoms with van der Waals surface area (Å²) in [5.41, 5.74) is 2.76. The number of fused-ring (bicyclic) bond motifs is 1. The number of hydrogen-bond acceptors (Lipinski definition) is 6. The first-order valence-electron chi connectivity index (χ1n) is 11.8. The highest BCUT2D eigenvalue weighted by molar-refractivity contribution is 6.02. The van der Waals surface area contributed by atoms with E-state index in [4.69, 9.17) is 0 Å². The number of imidazole rings is 1. The minimum absolute atomic E-state index is 0.202. The monoisotopic (exact) mass is 451 g/mol. The number of anilines is 1. The number of aromatic amines is 1. The van der Waals surface area contributed by atoms with Gasteiger partial charge < -0.3 is 20.5 Å². The van der Waals surface area contributed by atoms with Crippen molar-refractivity contribution in [3.05, 3.63) is 47.4 Å². The molecule has 0 unspecified atom stereocenters. The second-order valence-corrected chi connectivity index (χ2v) is 9.28. The van der Waals surface area contributed by atoms with Crippen molar-refractivity contribution in [3.8, 4) is 0 Å². The predicted octanol–water partition coefficient (Wildman–Crippen LogP) is 3.59. The number of H-pyrrole nitrogens is 1. The standard InChI is InChI=1S/C24H30FN7O/c1-32-8-6-18(7-9-32)29-19-11-15(10-17(25)12-19)13-26-24(33)21-20-23(28-14-27-21)31-22(30-20)16-4-2-3-5-16/h10-12,14,16,18,29H,2-9,13H2,1H3,(H,26,33)(H,27,28,30,31). The number of nitrogens with zero attached hydrogens (tertiary/aromatic N) is 4. The first-order chi connectivity index (χ1) is 16.0. The summed E-state index contributed by atoms with van der Waals surface area (Å²) < 4.78 is 14.3. The molecule has 0 radical (unpaired) electrons. The van der Waals surface area contributed by atoms with E-state index in [-0.39, 0.29) is 24.0 Å². The minimum Gasteiger partial charge on any atom is -0.382 e. The van der Waals surface area contributed by atoms with Crippen LogP contribution in [0.5, 0.6) is 0 Å². The van der Waals surface area contributed by atoms with Gasteiger partial charge in [0.1, 0.15) is 23.5 Å². The van der Waals surface area contributed by atoms with Crippen LogP contribution in [0, 0.1) is 5.82 Å². The Kier molecular flexibility index (Phi) is 6.22. The third-order valence-electron chi connectivity index (χ3n) is 6.76. The van der Waals surface area contributed by atoms with Crippen molar-refractivity contribution in [1.82, 2.24) is 30.2 Å². The Morgan fingerprint density at radius 1 is 1.15 bits per heavy atom. The summed E-state index contributed by atoms with van der Waals surface area (Å²) in [5, 5.41) is 6.31. The van der Waals surface area contributed by atoms with Gasteiger partial charge in [0.15, 0.2) is 11.3 Å². The van der Waals surface area contributed by atoms with Gasteiger partial charge in [0, 0.05) is 24.2 Å². The van der Waals surface area contributed by atoms with Crippen LogP contribution in [0.3, 0.4) is 0 Å². The summed E-state index contributed by atoms with van der Waals surface area (Å²) in [7, 11) is 2.11. The number of hydrogen-bond donors (Lipinski definition) is 3. The fourth-order valence-corrected chi connectivity index (χ4v) is 4.90. The Balaban J connectivity index is 1.27. The number of aromatic nitrogens is 4. The van der Waals surface area contributed by atoms with Gasteiger partial charge in [-0.15, -0.1) is 0 Å². The number of carbonyl (C=O) groups excluding carboxylic acids is 1. The van der Waals surface area contributed by atoms with Gasteiger partial charge in [-0.3, -0.25) is 4.79 Å². The van der Waals surface area contributed by atoms with Gasteiger partial charge in [0.05, 0.1) is 0 Å². The van der Waals surface area contributed by atoms with Crippen LogP contribution < -0.4 is 10.6 Å². The molecule has 2 fully saturated rings. The molecule has 1 saturated carbocycles. The highest BCUT2D eigenvalue weighted by Gasteiger charge is 2.23. The van der Waals surface area contributed by atoms with E-state index in [9.17, 15) is 9.18 Å². The summed E-state index contributed by atoms with van der Waals surface area (Å²) in [4.78, 5) is 31.5. The number of nitrogens with one attached hydrogen (secondary N) is 3. The highest BCUT2D eigenvalue weighted by Crippen LogP contribution is 2.33. The Bertz CT molecular complexity index is 1130. The maximum Gasteiger partial charge on any atom is 0.272 e. The van der Waals surface area contributed by atoms with E-state index in [0.717, 1.165) is 50.3 Å². The van der Waals surface area contributed by atoms with Crippen molar-refractivity contribution in [2.75, 3.05) is 25.5 Å². The van der Waals surface area contributed by atoms with Crippen LogP contribution in [0.25, 0.3) is 11.2 Å². The number of likely N-dealkylation sites (tertiary alicyclic amines) is 1. The summed E-state index contributed by atoms with van der Waals surface area (Å²) >= 11 is 0. The van der Waals surface area contributed by atoms with Gasteiger partial charge in [-0.05, 0) is 69.6 Å². The summed E-state index contributed by atoms with van der Waals surface area (Å²) in [6.45, 7) is 2.26. The summed E-state index contributed by atoms with van der Waals surface area (Å²) in [6, 6.07) is 5.18. The molecule has 174 valence electrons. The lowest BCUT2D eigenvalue weighted by Crippen LogP contribution is -2.36. The van der Waals surface area contributed by atoms with E-state index < -0.39 is 0 Å². The topological polar surface area (TPSA) is 98.8 Å². The van der Waals surface area contributed by atoms with Gasteiger partial charge in [0.2, 0.25) is 0 Å². The van der Waals surface area contributed by atoms with Gasteiger partial charge in [0.25, 0.3) is 5.91 Å². The van der Waals surface area contributed by atoms with Gasteiger partial charge >= 0.3 is 0 Å². The quantitative estimate of drug-likeness (QED) is 0.530. The Labute approximate surface area is 192 Å². The first kappa shape index (κ1) is 21.8. The number of amides is 1. The van der Waals surface area contributed by atoms with Crippen LogP contribution in [0.4, 0.5) is 10.1 Å². The predicted molar refractivity (Wildman–Crippen MR) is 125 cm³/mol. The fourth-order valence-electron chi connectivity index (χ4n) is 4.90. The normalized spacial score (nSPS) is 18.1. The number of piperidine rings is 1. The number of carbonyl (C=O) groups is 1. The van der Waals surface area contributed by atoms with E-state index >= 15 is 0 Å². The van der Waals surface area contributed by atoms with E-state index in [1.165, 1.54) is 31.3 Å². The third kappa shape index (κ3) is 4.98. The number of benzene rings is 1. The molecule has 33 heavy (non-hydrogen) atoms. The van der Waals surface area contributed by atoms with E-state index in [0.29, 0.717) is 28.7 Å². The molecule has 2 aliphatic rings. The molecular weight excluding hydrogens is 421 g/mol. The average Bonchev–Trinajstić information content (AvgIpc) is 3.48. The third-order valence-corrected chi connectivity index (χ3v) is 6.76. The maximum absolute atomic E-state index is 14.3. The van der Waals surface area contributed by atoms with E-state index in [1.54, 1.807) is 0 Å². The molecule has 1 aromatic carbocycles. The zero-order chi connectivity index (χ0) is 22.8. The SMILES string of the molecule is CN1CCC(Nc2cc(F)cc(CNC(=O)c3ncnc4nc(C5CCCC5)[nH]c34)c2)CC1. The molecule has 8 nitrogen and oxygen atoms in total. The van der Waals surface area contributed by atoms with Crippen molar-refractivity contribution in [2.24, 2.45) is 0 Å². The van der Waals surface area contributed by atoms with Crippen LogP contribution in [-0.2, 0) is 6.54 Å². The Morgan fingerprint density at radius 2 is 1.94 bits per heavy atom. The molecule has 3 aromatic rings. The second-order valence-electron chi connectivity index (χ2n) is 9.28. The molecule has 2 aromatic heterocycles. The first-order valence-corrected chi connectivity index (χ1v) is 11.8. The largest absolute Gasteiger partial charge is 0.382 e. The highest BCUT2D eigenvalue weighted by atomic mass is 19.1. The fraction of sp³-hybridized carbons (Fsp3) is 0.500. The lowest BCUT2D eigenvalue weighted by atomic mass is 10.0. The molecule has 3 N–H and O–H groups in total. The molecule has 9 heteroatoms. The molecule has 1 saturated heterocycles. The molecule has 5 rings (SSSR count). The zero-order valence-corrected chi connectivity index (χ0v) is 18.9. The van der Waals surface area contributed by atoms with Crippen LogP contribution in [0.2, 0.25) is 0 Å². The van der Waals surface area contributed by atoms with E-state index in [1.807, 2.05) is 6.07 Å². The Morgan fingerprint density at radius 3 is 2.73 bits per heavy atom. The Hall–Kier alpha value is -3.07. The molecule has 0 bridgehead atoms. The summed E-state index contributed by atoms with van der Waals surface area (Å²) in [6.07, 6.45) is 8.00. The lowest BCUT2D eigenvalue weighted by Gasteiger charge is -2.30. The molecule has 1 aliphatic carbocycles. The molecule has 3 heterocycles. The van der Waals surface area contributed by atoms with E-state index in [2.05, 4.69) is 42.5 Å². The average molecular weight is 452 g/mol. The van der Waals surface area contributed by atoms with Crippen LogP contribution in [-0.4, -0.2) is 56.9 Å². The van der Waals surface area contributed by atoms with Crippen molar-refractivity contribution < 1.29 is 9.18 Å². The van der Waals surface area contributed by atoms with Gasteiger partial charge in [-0.25, -0.2) is 19.3 Å². The number of halogens is 1. The van der Waals surface area contributed by atoms with Crippen LogP contribution in [0.1, 0.15) is 66.3 Å². The van der Waals surface area contributed by atoms with Crippen molar-refractivity contribution in [1.29, 1.82) is 0 Å². The van der Waals surface area contributed by atoms with Gasteiger partial charge in [-0.2, -0.15) is 0 Å². The molecule has 0 atom stereocenters. The molecule has 0 spiro atoms. The minimum atomic E-state index is -0.335. The smallest absolute Gasteiger partial charge is 0.272 e. The lowest BCUT2D eigenvalue weighted by molar-refractivity contribution is 0.0947. The van der Waals surface area contributed by atoms with Crippen molar-refractivity contribution in [2.45, 2.75) is 57.0 Å². The van der Waals surface area contributed by atoms with Crippen molar-refractivity contribution in [3.63, 3.8) is 0 Å². The summed E-state index contributed by atoms with van der Waals surface area (Å²) in [5.74, 6) is 0.610. The molecule has 1 amide bonds. The van der Waals surface area contributed by atoms with Gasteiger partial charge in [-0.1, -0.05) is 12.8 Å². The zero-order valence-electron chi connectivity index (χ0n) is 18.9. The number of rotatable bonds is 6. The molecule has 1 aliphatic heterocycles. The second kappa shape index (κ2) is 9.43. The van der Waals surface area contributed by atoms with Crippen LogP contribution >= 0.6 is 0 Å².